The van der Waals surface area contributed by atoms with E-state index in [1.54, 1.807) is 43.2 Å². The standard InChI is InChI=1S/C27H40N4O6/c1-18(20-6-8-22(37-2)9-7-20)26(35)29-23(16-25(33)34)30-27(36)21-4-3-15-31(17-21)24(32)10-5-19-11-13-28-14-12-19/h6-9,18-19,21,23,28H,3-5,10-17H2,1-2H3,(H,29,35)(H,30,36)(H,33,34)/t18?,21-,23-/m1/s1. The minimum Gasteiger partial charge on any atom is -0.497 e. The van der Waals surface area contributed by atoms with E-state index in [9.17, 15) is 24.3 Å². The molecular weight excluding hydrogens is 476 g/mol. The molecule has 2 saturated heterocycles. The van der Waals surface area contributed by atoms with Crippen LogP contribution in [0.5, 0.6) is 5.75 Å². The maximum Gasteiger partial charge on any atom is 0.307 e. The topological polar surface area (TPSA) is 137 Å². The lowest BCUT2D eigenvalue weighted by atomic mass is 9.92. The second-order valence-electron chi connectivity index (χ2n) is 10.1. The Morgan fingerprint density at radius 2 is 1.81 bits per heavy atom. The Balaban J connectivity index is 1.53. The van der Waals surface area contributed by atoms with Crippen LogP contribution < -0.4 is 20.7 Å². The van der Waals surface area contributed by atoms with Crippen molar-refractivity contribution in [2.24, 2.45) is 11.8 Å². The molecule has 2 aliphatic heterocycles. The molecule has 3 rings (SSSR count). The van der Waals surface area contributed by atoms with Gasteiger partial charge >= 0.3 is 5.97 Å². The van der Waals surface area contributed by atoms with E-state index in [1.165, 1.54) is 0 Å². The number of amides is 3. The molecule has 1 aromatic rings. The smallest absolute Gasteiger partial charge is 0.307 e. The number of carboxylic acid groups (broad SMARTS) is 1. The zero-order valence-electron chi connectivity index (χ0n) is 21.8. The highest BCUT2D eigenvalue weighted by Gasteiger charge is 2.31. The highest BCUT2D eigenvalue weighted by Crippen LogP contribution is 2.22. The maximum atomic E-state index is 13.0. The Kier molecular flexibility index (Phi) is 10.7. The number of likely N-dealkylation sites (tertiary alicyclic amines) is 1. The summed E-state index contributed by atoms with van der Waals surface area (Å²) in [5, 5.41) is 18.0. The van der Waals surface area contributed by atoms with Crippen molar-refractivity contribution in [3.05, 3.63) is 29.8 Å². The van der Waals surface area contributed by atoms with E-state index in [4.69, 9.17) is 4.74 Å². The van der Waals surface area contributed by atoms with Gasteiger partial charge in [-0.1, -0.05) is 12.1 Å². The SMILES string of the molecule is COc1ccc(C(C)C(=O)N[C@@H](CC(=O)O)NC(=O)[C@@H]2CCCN(C(=O)CCC3CCNCC3)C2)cc1. The summed E-state index contributed by atoms with van der Waals surface area (Å²) >= 11 is 0. The van der Waals surface area contributed by atoms with Crippen LogP contribution in [0.2, 0.25) is 0 Å². The third kappa shape index (κ3) is 8.73. The van der Waals surface area contributed by atoms with E-state index in [-0.39, 0.29) is 11.8 Å². The van der Waals surface area contributed by atoms with Crippen LogP contribution in [0.15, 0.2) is 24.3 Å². The van der Waals surface area contributed by atoms with Crippen molar-refractivity contribution in [2.45, 2.75) is 64.0 Å². The maximum absolute atomic E-state index is 13.0. The number of aliphatic carboxylic acids is 1. The van der Waals surface area contributed by atoms with Crippen LogP contribution in [0.3, 0.4) is 0 Å². The van der Waals surface area contributed by atoms with Gasteiger partial charge in [0, 0.05) is 19.5 Å². The van der Waals surface area contributed by atoms with E-state index >= 15 is 0 Å². The third-order valence-corrected chi connectivity index (χ3v) is 7.39. The molecule has 204 valence electrons. The Hall–Kier alpha value is -3.14. The Bertz CT molecular complexity index is 931. The molecular formula is C27H40N4O6. The molecule has 2 heterocycles. The molecule has 0 radical (unpaired) electrons. The van der Waals surface area contributed by atoms with Crippen LogP contribution >= 0.6 is 0 Å². The summed E-state index contributed by atoms with van der Waals surface area (Å²) in [5.74, 6) is -1.57. The molecule has 0 bridgehead atoms. The van der Waals surface area contributed by atoms with Crippen LogP contribution in [0, 0.1) is 11.8 Å². The number of nitrogens with one attached hydrogen (secondary N) is 3. The molecule has 37 heavy (non-hydrogen) atoms. The summed E-state index contributed by atoms with van der Waals surface area (Å²) in [4.78, 5) is 51.9. The molecule has 10 heteroatoms. The molecule has 0 spiro atoms. The fourth-order valence-electron chi connectivity index (χ4n) is 5.02. The molecule has 3 atom stereocenters. The number of carbonyl (C=O) groups is 4. The summed E-state index contributed by atoms with van der Waals surface area (Å²) in [7, 11) is 1.56. The summed E-state index contributed by atoms with van der Waals surface area (Å²) in [5.41, 5.74) is 0.740. The first kappa shape index (κ1) is 28.4. The number of carboxylic acids is 1. The van der Waals surface area contributed by atoms with E-state index in [0.717, 1.165) is 37.9 Å². The lowest BCUT2D eigenvalue weighted by Gasteiger charge is -2.33. The van der Waals surface area contributed by atoms with Crippen molar-refractivity contribution < 1.29 is 29.0 Å². The van der Waals surface area contributed by atoms with Crippen molar-refractivity contribution in [1.82, 2.24) is 20.9 Å². The molecule has 10 nitrogen and oxygen atoms in total. The van der Waals surface area contributed by atoms with Gasteiger partial charge in [0.15, 0.2) is 0 Å². The van der Waals surface area contributed by atoms with Gasteiger partial charge in [0.25, 0.3) is 0 Å². The van der Waals surface area contributed by atoms with Crippen molar-refractivity contribution in [3.63, 3.8) is 0 Å². The van der Waals surface area contributed by atoms with E-state index in [2.05, 4.69) is 16.0 Å². The van der Waals surface area contributed by atoms with Crippen LogP contribution in [0.25, 0.3) is 0 Å². The first-order chi connectivity index (χ1) is 17.8. The number of hydrogen-bond donors (Lipinski definition) is 4. The minimum absolute atomic E-state index is 0.0692. The molecule has 4 N–H and O–H groups in total. The van der Waals surface area contributed by atoms with Gasteiger partial charge in [-0.2, -0.15) is 0 Å². The van der Waals surface area contributed by atoms with Crippen LogP contribution in [0.4, 0.5) is 0 Å². The van der Waals surface area contributed by atoms with Crippen LogP contribution in [-0.4, -0.2) is 73.2 Å². The quantitative estimate of drug-likeness (QED) is 0.330. The van der Waals surface area contributed by atoms with E-state index < -0.39 is 36.3 Å². The van der Waals surface area contributed by atoms with Gasteiger partial charge in [0.05, 0.1) is 25.4 Å². The largest absolute Gasteiger partial charge is 0.497 e. The van der Waals surface area contributed by atoms with Gasteiger partial charge < -0.3 is 30.7 Å². The monoisotopic (exact) mass is 516 g/mol. The molecule has 1 aromatic carbocycles. The molecule has 2 fully saturated rings. The third-order valence-electron chi connectivity index (χ3n) is 7.39. The number of nitrogens with zero attached hydrogens (tertiary/aromatic N) is 1. The van der Waals surface area contributed by atoms with Crippen molar-refractivity contribution in [1.29, 1.82) is 0 Å². The molecule has 0 aromatic heterocycles. The highest BCUT2D eigenvalue weighted by atomic mass is 16.5. The molecule has 3 amide bonds. The number of methoxy groups -OCH3 is 1. The van der Waals surface area contributed by atoms with Crippen LogP contribution in [-0.2, 0) is 19.2 Å². The number of benzene rings is 1. The summed E-state index contributed by atoms with van der Waals surface area (Å²) in [6.45, 7) is 4.65. The van der Waals surface area contributed by atoms with Crippen molar-refractivity contribution in [3.8, 4) is 5.75 Å². The second kappa shape index (κ2) is 14.0. The first-order valence-electron chi connectivity index (χ1n) is 13.2. The number of carbonyl (C=O) groups excluding carboxylic acids is 3. The van der Waals surface area contributed by atoms with Gasteiger partial charge in [-0.3, -0.25) is 19.2 Å². The normalized spacial score (nSPS) is 19.9. The highest BCUT2D eigenvalue weighted by molar-refractivity contribution is 5.86. The van der Waals surface area contributed by atoms with Gasteiger partial charge in [-0.05, 0) is 75.7 Å². The number of ether oxygens (including phenoxy) is 1. The van der Waals surface area contributed by atoms with Gasteiger partial charge in [-0.15, -0.1) is 0 Å². The summed E-state index contributed by atoms with van der Waals surface area (Å²) in [6.07, 6.45) is 3.36. The lowest BCUT2D eigenvalue weighted by Crippen LogP contribution is -2.53. The number of hydrogen-bond acceptors (Lipinski definition) is 6. The fourth-order valence-corrected chi connectivity index (χ4v) is 5.02. The average molecular weight is 517 g/mol. The molecule has 2 aliphatic rings. The Labute approximate surface area is 218 Å². The molecule has 0 aliphatic carbocycles. The predicted octanol–water partition coefficient (Wildman–Crippen LogP) is 1.85. The average Bonchev–Trinajstić information content (AvgIpc) is 2.91. The fraction of sp³-hybridized carbons (Fsp3) is 0.630. The predicted molar refractivity (Wildman–Crippen MR) is 138 cm³/mol. The molecule has 1 unspecified atom stereocenters. The van der Waals surface area contributed by atoms with Gasteiger partial charge in [0.1, 0.15) is 11.9 Å². The minimum atomic E-state index is -1.14. The van der Waals surface area contributed by atoms with Crippen molar-refractivity contribution >= 4 is 23.7 Å². The second-order valence-corrected chi connectivity index (χ2v) is 10.1. The van der Waals surface area contributed by atoms with E-state index in [0.29, 0.717) is 44.0 Å². The first-order valence-corrected chi connectivity index (χ1v) is 13.2. The van der Waals surface area contributed by atoms with Gasteiger partial charge in [-0.25, -0.2) is 0 Å². The molecule has 0 saturated carbocycles. The number of piperidine rings is 2. The van der Waals surface area contributed by atoms with E-state index in [1.807, 2.05) is 0 Å². The summed E-state index contributed by atoms with van der Waals surface area (Å²) in [6, 6.07) is 7.04. The zero-order valence-corrected chi connectivity index (χ0v) is 21.8. The Morgan fingerprint density at radius 1 is 1.11 bits per heavy atom. The van der Waals surface area contributed by atoms with Gasteiger partial charge in [0.2, 0.25) is 17.7 Å². The van der Waals surface area contributed by atoms with Crippen LogP contribution in [0.1, 0.15) is 63.4 Å². The number of rotatable bonds is 11. The Morgan fingerprint density at radius 3 is 2.46 bits per heavy atom. The van der Waals surface area contributed by atoms with Crippen molar-refractivity contribution in [2.75, 3.05) is 33.3 Å². The summed E-state index contributed by atoms with van der Waals surface area (Å²) < 4.78 is 5.14. The lowest BCUT2D eigenvalue weighted by molar-refractivity contribution is -0.138. The zero-order chi connectivity index (χ0) is 26.8.